The standard InChI is InChI=1S/C15H22N2O.ClH/c1-12-3-2-4-13(9-12)6-8-17-15(18)10-14-5-7-16-11-14;/h2-4,9,14,16H,5-8,10-11H2,1H3,(H,17,18);1H. The number of aryl methyl sites for hydroxylation is 1. The molecule has 1 aromatic rings. The first-order chi connectivity index (χ1) is 8.74. The van der Waals surface area contributed by atoms with E-state index in [2.05, 4.69) is 41.8 Å². The number of benzene rings is 1. The van der Waals surface area contributed by atoms with Gasteiger partial charge in [0.05, 0.1) is 0 Å². The molecule has 4 heteroatoms. The smallest absolute Gasteiger partial charge is 0.220 e. The Balaban J connectivity index is 0.00000180. The van der Waals surface area contributed by atoms with Gasteiger partial charge >= 0.3 is 0 Å². The second-order valence-corrected chi connectivity index (χ2v) is 5.15. The second kappa shape index (κ2) is 8.18. The van der Waals surface area contributed by atoms with E-state index in [1.54, 1.807) is 0 Å². The second-order valence-electron chi connectivity index (χ2n) is 5.15. The molecule has 0 radical (unpaired) electrons. The monoisotopic (exact) mass is 282 g/mol. The molecule has 1 amide bonds. The zero-order valence-electron chi connectivity index (χ0n) is 11.4. The average Bonchev–Trinajstić information content (AvgIpc) is 2.82. The summed E-state index contributed by atoms with van der Waals surface area (Å²) in [5.74, 6) is 0.723. The maximum Gasteiger partial charge on any atom is 0.220 e. The number of amides is 1. The van der Waals surface area contributed by atoms with Crippen LogP contribution in [-0.4, -0.2) is 25.5 Å². The molecule has 2 rings (SSSR count). The Morgan fingerprint density at radius 1 is 1.47 bits per heavy atom. The maximum absolute atomic E-state index is 11.7. The van der Waals surface area contributed by atoms with Gasteiger partial charge in [0.25, 0.3) is 0 Å². The number of carbonyl (C=O) groups excluding carboxylic acids is 1. The van der Waals surface area contributed by atoms with Gasteiger partial charge in [0.15, 0.2) is 0 Å². The molecule has 1 atom stereocenters. The highest BCUT2D eigenvalue weighted by Gasteiger charge is 2.17. The first-order valence-corrected chi connectivity index (χ1v) is 6.77. The summed E-state index contributed by atoms with van der Waals surface area (Å²) in [6.45, 7) is 4.88. The van der Waals surface area contributed by atoms with Crippen LogP contribution in [0.15, 0.2) is 24.3 Å². The maximum atomic E-state index is 11.7. The van der Waals surface area contributed by atoms with Gasteiger partial charge in [-0.15, -0.1) is 12.4 Å². The van der Waals surface area contributed by atoms with E-state index in [0.717, 1.165) is 32.5 Å². The third kappa shape index (κ3) is 5.62. The van der Waals surface area contributed by atoms with Crippen molar-refractivity contribution in [1.29, 1.82) is 0 Å². The Morgan fingerprint density at radius 2 is 2.32 bits per heavy atom. The number of hydrogen-bond acceptors (Lipinski definition) is 2. The van der Waals surface area contributed by atoms with Gasteiger partial charge in [-0.25, -0.2) is 0 Å². The van der Waals surface area contributed by atoms with Crippen molar-refractivity contribution in [3.05, 3.63) is 35.4 Å². The lowest BCUT2D eigenvalue weighted by Gasteiger charge is -2.09. The van der Waals surface area contributed by atoms with Crippen molar-refractivity contribution in [2.45, 2.75) is 26.2 Å². The summed E-state index contributed by atoms with van der Waals surface area (Å²) in [6, 6.07) is 8.44. The van der Waals surface area contributed by atoms with Crippen molar-refractivity contribution in [1.82, 2.24) is 10.6 Å². The van der Waals surface area contributed by atoms with Crippen molar-refractivity contribution in [3.63, 3.8) is 0 Å². The molecular formula is C15H23ClN2O. The van der Waals surface area contributed by atoms with Crippen LogP contribution in [0.5, 0.6) is 0 Å². The van der Waals surface area contributed by atoms with E-state index in [4.69, 9.17) is 0 Å². The summed E-state index contributed by atoms with van der Waals surface area (Å²) in [4.78, 5) is 11.7. The van der Waals surface area contributed by atoms with Crippen LogP contribution in [0.4, 0.5) is 0 Å². The van der Waals surface area contributed by atoms with E-state index in [1.165, 1.54) is 11.1 Å². The number of halogens is 1. The largest absolute Gasteiger partial charge is 0.356 e. The molecule has 0 aliphatic carbocycles. The summed E-state index contributed by atoms with van der Waals surface area (Å²) in [5.41, 5.74) is 2.56. The van der Waals surface area contributed by atoms with E-state index in [1.807, 2.05) is 0 Å². The topological polar surface area (TPSA) is 41.1 Å². The summed E-state index contributed by atoms with van der Waals surface area (Å²) >= 11 is 0. The van der Waals surface area contributed by atoms with E-state index in [-0.39, 0.29) is 18.3 Å². The molecule has 0 aromatic heterocycles. The average molecular weight is 283 g/mol. The van der Waals surface area contributed by atoms with Crippen LogP contribution in [0.3, 0.4) is 0 Å². The van der Waals surface area contributed by atoms with Crippen LogP contribution in [0, 0.1) is 12.8 Å². The number of rotatable bonds is 5. The van der Waals surface area contributed by atoms with E-state index in [9.17, 15) is 4.79 Å². The van der Waals surface area contributed by atoms with Gasteiger partial charge in [0, 0.05) is 13.0 Å². The van der Waals surface area contributed by atoms with Crippen molar-refractivity contribution >= 4 is 18.3 Å². The van der Waals surface area contributed by atoms with E-state index >= 15 is 0 Å². The van der Waals surface area contributed by atoms with Gasteiger partial charge in [-0.3, -0.25) is 4.79 Å². The van der Waals surface area contributed by atoms with Gasteiger partial charge < -0.3 is 10.6 Å². The van der Waals surface area contributed by atoms with Crippen molar-refractivity contribution in [2.75, 3.05) is 19.6 Å². The molecular weight excluding hydrogens is 260 g/mol. The summed E-state index contributed by atoms with van der Waals surface area (Å²) < 4.78 is 0. The molecule has 0 bridgehead atoms. The lowest BCUT2D eigenvalue weighted by molar-refractivity contribution is -0.121. The third-order valence-electron chi connectivity index (χ3n) is 3.45. The van der Waals surface area contributed by atoms with Gasteiger partial charge in [-0.05, 0) is 44.3 Å². The minimum Gasteiger partial charge on any atom is -0.356 e. The lowest BCUT2D eigenvalue weighted by atomic mass is 10.0. The Labute approximate surface area is 121 Å². The SMILES string of the molecule is Cc1cccc(CCNC(=O)CC2CCNC2)c1.Cl. The van der Waals surface area contributed by atoms with Gasteiger partial charge in [0.1, 0.15) is 0 Å². The van der Waals surface area contributed by atoms with E-state index in [0.29, 0.717) is 12.3 Å². The van der Waals surface area contributed by atoms with Crippen molar-refractivity contribution in [2.24, 2.45) is 5.92 Å². The van der Waals surface area contributed by atoms with Crippen LogP contribution >= 0.6 is 12.4 Å². The summed E-state index contributed by atoms with van der Waals surface area (Å²) in [7, 11) is 0. The van der Waals surface area contributed by atoms with Crippen LogP contribution in [-0.2, 0) is 11.2 Å². The quantitative estimate of drug-likeness (QED) is 0.868. The Morgan fingerprint density at radius 3 is 3.00 bits per heavy atom. The van der Waals surface area contributed by atoms with Gasteiger partial charge in [0.2, 0.25) is 5.91 Å². The van der Waals surface area contributed by atoms with Crippen LogP contribution in [0.25, 0.3) is 0 Å². The Bertz CT molecular complexity index is 403. The van der Waals surface area contributed by atoms with Gasteiger partial charge in [-0.2, -0.15) is 0 Å². The highest BCUT2D eigenvalue weighted by atomic mass is 35.5. The van der Waals surface area contributed by atoms with E-state index < -0.39 is 0 Å². The molecule has 1 heterocycles. The van der Waals surface area contributed by atoms with Crippen LogP contribution < -0.4 is 10.6 Å². The minimum atomic E-state index is 0. The number of hydrogen-bond donors (Lipinski definition) is 2. The fourth-order valence-electron chi connectivity index (χ4n) is 2.44. The molecule has 3 nitrogen and oxygen atoms in total. The molecule has 2 N–H and O–H groups in total. The Kier molecular flexibility index (Phi) is 6.89. The summed E-state index contributed by atoms with van der Waals surface area (Å²) in [5, 5.41) is 6.30. The lowest BCUT2D eigenvalue weighted by Crippen LogP contribution is -2.28. The van der Waals surface area contributed by atoms with Crippen LogP contribution in [0.2, 0.25) is 0 Å². The fourth-order valence-corrected chi connectivity index (χ4v) is 2.44. The van der Waals surface area contributed by atoms with Crippen LogP contribution in [0.1, 0.15) is 24.0 Å². The Hall–Kier alpha value is -1.06. The predicted octanol–water partition coefficient (Wildman–Crippen LogP) is 2.08. The normalized spacial score (nSPS) is 17.8. The molecule has 19 heavy (non-hydrogen) atoms. The molecule has 1 aliphatic rings. The highest BCUT2D eigenvalue weighted by molar-refractivity contribution is 5.85. The molecule has 1 aliphatic heterocycles. The molecule has 1 fully saturated rings. The third-order valence-corrected chi connectivity index (χ3v) is 3.45. The first kappa shape index (κ1) is 16.0. The fraction of sp³-hybridized carbons (Fsp3) is 0.533. The minimum absolute atomic E-state index is 0. The number of carbonyl (C=O) groups is 1. The molecule has 0 spiro atoms. The molecule has 0 saturated carbocycles. The molecule has 1 aromatic carbocycles. The van der Waals surface area contributed by atoms with Crippen molar-refractivity contribution in [3.8, 4) is 0 Å². The summed E-state index contributed by atoms with van der Waals surface area (Å²) in [6.07, 6.45) is 2.71. The van der Waals surface area contributed by atoms with Crippen molar-refractivity contribution < 1.29 is 4.79 Å². The highest BCUT2D eigenvalue weighted by Crippen LogP contribution is 2.11. The zero-order valence-corrected chi connectivity index (χ0v) is 12.3. The molecule has 1 saturated heterocycles. The zero-order chi connectivity index (χ0) is 12.8. The molecule has 106 valence electrons. The predicted molar refractivity (Wildman–Crippen MR) is 80.7 cm³/mol. The number of nitrogens with one attached hydrogen (secondary N) is 2. The molecule has 1 unspecified atom stereocenters. The van der Waals surface area contributed by atoms with Gasteiger partial charge in [-0.1, -0.05) is 29.8 Å². The first-order valence-electron chi connectivity index (χ1n) is 6.77.